The maximum absolute atomic E-state index is 12.4. The number of carbonyl (C=O) groups excluding carboxylic acids is 1. The number of ether oxygens (including phenoxy) is 2. The molecule has 7 heteroatoms. The molecule has 23 heavy (non-hydrogen) atoms. The first-order valence-electron chi connectivity index (χ1n) is 7.01. The summed E-state index contributed by atoms with van der Waals surface area (Å²) < 4.78 is 11.9. The molecule has 0 aliphatic heterocycles. The van der Waals surface area contributed by atoms with Crippen molar-refractivity contribution in [2.75, 3.05) is 14.2 Å². The maximum Gasteiger partial charge on any atom is 0.257 e. The highest BCUT2D eigenvalue weighted by Crippen LogP contribution is 2.19. The number of rotatable bonds is 5. The number of hydrogen-bond donors (Lipinski definition) is 1. The zero-order valence-corrected chi connectivity index (χ0v) is 12.8. The van der Waals surface area contributed by atoms with Gasteiger partial charge in [0.1, 0.15) is 5.56 Å². The molecule has 0 bridgehead atoms. The second-order valence-electron chi connectivity index (χ2n) is 4.79. The van der Waals surface area contributed by atoms with Crippen molar-refractivity contribution in [2.24, 2.45) is 0 Å². The second-order valence-corrected chi connectivity index (χ2v) is 4.79. The van der Waals surface area contributed by atoms with Crippen molar-refractivity contribution in [3.05, 3.63) is 53.9 Å². The van der Waals surface area contributed by atoms with Crippen molar-refractivity contribution in [1.29, 1.82) is 0 Å². The summed E-state index contributed by atoms with van der Waals surface area (Å²) in [5.41, 5.74) is 2.28. The molecule has 118 valence electrons. The number of nitrogens with zero attached hydrogens (tertiary/aromatic N) is 3. The van der Waals surface area contributed by atoms with E-state index in [1.54, 1.807) is 22.8 Å². The molecule has 0 atom stereocenters. The summed E-state index contributed by atoms with van der Waals surface area (Å²) in [7, 11) is 2.97. The Balaban J connectivity index is 1.78. The lowest BCUT2D eigenvalue weighted by Gasteiger charge is -2.10. The van der Waals surface area contributed by atoms with Gasteiger partial charge in [0.15, 0.2) is 0 Å². The fourth-order valence-corrected chi connectivity index (χ4v) is 2.30. The molecule has 0 fully saturated rings. The molecule has 3 aromatic rings. The Hall–Kier alpha value is -3.09. The van der Waals surface area contributed by atoms with Gasteiger partial charge in [-0.15, -0.1) is 0 Å². The van der Waals surface area contributed by atoms with Crippen LogP contribution in [0.2, 0.25) is 0 Å². The van der Waals surface area contributed by atoms with E-state index in [9.17, 15) is 4.79 Å². The van der Waals surface area contributed by atoms with Gasteiger partial charge in [0.25, 0.3) is 5.91 Å². The van der Waals surface area contributed by atoms with Gasteiger partial charge < -0.3 is 14.8 Å². The van der Waals surface area contributed by atoms with Gasteiger partial charge in [-0.25, -0.2) is 4.52 Å². The van der Waals surface area contributed by atoms with Gasteiger partial charge in [-0.05, 0) is 23.8 Å². The van der Waals surface area contributed by atoms with E-state index < -0.39 is 0 Å². The first-order valence-corrected chi connectivity index (χ1v) is 7.01. The van der Waals surface area contributed by atoms with Crippen LogP contribution in [0, 0.1) is 0 Å². The number of aromatic nitrogens is 3. The first-order chi connectivity index (χ1) is 11.2. The Kier molecular flexibility index (Phi) is 4.09. The van der Waals surface area contributed by atoms with Gasteiger partial charge in [-0.3, -0.25) is 4.79 Å². The molecule has 0 spiro atoms. The fraction of sp³-hybridized carbons (Fsp3) is 0.188. The predicted octanol–water partition coefficient (Wildman–Crippen LogP) is 1.68. The first kappa shape index (κ1) is 14.8. The molecular weight excluding hydrogens is 296 g/mol. The van der Waals surface area contributed by atoms with Crippen LogP contribution in [0.25, 0.3) is 5.52 Å². The summed E-state index contributed by atoms with van der Waals surface area (Å²) in [6.07, 6.45) is 3.58. The summed E-state index contributed by atoms with van der Waals surface area (Å²) in [5, 5.41) is 7.04. The minimum absolute atomic E-state index is 0.226. The SMILES string of the molecule is COc1ccc(C(=O)NCc2cccn3nccc23)c(OC)n1. The van der Waals surface area contributed by atoms with Gasteiger partial charge in [0.2, 0.25) is 11.8 Å². The molecule has 3 heterocycles. The van der Waals surface area contributed by atoms with Crippen LogP contribution in [0.4, 0.5) is 0 Å². The van der Waals surface area contributed by atoms with E-state index in [0.717, 1.165) is 11.1 Å². The van der Waals surface area contributed by atoms with Crippen molar-refractivity contribution in [3.63, 3.8) is 0 Å². The minimum Gasteiger partial charge on any atom is -0.481 e. The summed E-state index contributed by atoms with van der Waals surface area (Å²) in [4.78, 5) is 16.5. The highest BCUT2D eigenvalue weighted by Gasteiger charge is 2.15. The number of carbonyl (C=O) groups is 1. The second kappa shape index (κ2) is 6.35. The molecule has 0 unspecified atom stereocenters. The smallest absolute Gasteiger partial charge is 0.257 e. The largest absolute Gasteiger partial charge is 0.481 e. The van der Waals surface area contributed by atoms with E-state index in [0.29, 0.717) is 18.0 Å². The molecular formula is C16H16N4O3. The van der Waals surface area contributed by atoms with E-state index in [1.807, 2.05) is 24.4 Å². The molecule has 3 aromatic heterocycles. The Morgan fingerprint density at radius 1 is 1.22 bits per heavy atom. The lowest BCUT2D eigenvalue weighted by atomic mass is 10.2. The Morgan fingerprint density at radius 3 is 2.87 bits per heavy atom. The minimum atomic E-state index is -0.265. The molecule has 0 saturated carbocycles. The molecule has 0 radical (unpaired) electrons. The van der Waals surface area contributed by atoms with E-state index >= 15 is 0 Å². The van der Waals surface area contributed by atoms with Gasteiger partial charge >= 0.3 is 0 Å². The third-order valence-corrected chi connectivity index (χ3v) is 3.45. The van der Waals surface area contributed by atoms with E-state index in [-0.39, 0.29) is 11.8 Å². The predicted molar refractivity (Wildman–Crippen MR) is 83.7 cm³/mol. The molecule has 0 saturated heterocycles. The summed E-state index contributed by atoms with van der Waals surface area (Å²) >= 11 is 0. The quantitative estimate of drug-likeness (QED) is 0.775. The van der Waals surface area contributed by atoms with Crippen molar-refractivity contribution >= 4 is 11.4 Å². The normalized spacial score (nSPS) is 10.5. The molecule has 3 rings (SSSR count). The highest BCUT2D eigenvalue weighted by atomic mass is 16.5. The molecule has 0 aliphatic carbocycles. The number of fused-ring (bicyclic) bond motifs is 1. The number of pyridine rings is 2. The molecule has 0 aliphatic rings. The van der Waals surface area contributed by atoms with E-state index in [1.165, 1.54) is 14.2 Å². The number of methoxy groups -OCH3 is 2. The van der Waals surface area contributed by atoms with Crippen LogP contribution in [0.3, 0.4) is 0 Å². The number of nitrogens with one attached hydrogen (secondary N) is 1. The molecule has 1 amide bonds. The zero-order chi connectivity index (χ0) is 16.2. The Morgan fingerprint density at radius 2 is 2.09 bits per heavy atom. The lowest BCUT2D eigenvalue weighted by Crippen LogP contribution is -2.24. The summed E-state index contributed by atoms with van der Waals surface area (Å²) in [6, 6.07) is 8.98. The Bertz CT molecular complexity index is 844. The van der Waals surface area contributed by atoms with Crippen molar-refractivity contribution in [3.8, 4) is 11.8 Å². The average Bonchev–Trinajstić information content (AvgIpc) is 3.08. The average molecular weight is 312 g/mol. The molecule has 7 nitrogen and oxygen atoms in total. The third kappa shape index (κ3) is 2.94. The number of amides is 1. The standard InChI is InChI=1S/C16H16N4O3/c1-22-14-6-5-12(16(19-14)23-2)15(21)17-10-11-4-3-9-20-13(11)7-8-18-20/h3-9H,10H2,1-2H3,(H,17,21). The monoisotopic (exact) mass is 312 g/mol. The van der Waals surface area contributed by atoms with Crippen LogP contribution in [0.15, 0.2) is 42.7 Å². The van der Waals surface area contributed by atoms with Crippen LogP contribution in [0.5, 0.6) is 11.8 Å². The van der Waals surface area contributed by atoms with Crippen LogP contribution < -0.4 is 14.8 Å². The van der Waals surface area contributed by atoms with E-state index in [2.05, 4.69) is 15.4 Å². The van der Waals surface area contributed by atoms with Gasteiger partial charge in [0.05, 0.1) is 19.7 Å². The van der Waals surface area contributed by atoms with Crippen LogP contribution in [0.1, 0.15) is 15.9 Å². The van der Waals surface area contributed by atoms with Gasteiger partial charge in [0, 0.05) is 25.0 Å². The van der Waals surface area contributed by atoms with Crippen LogP contribution in [-0.4, -0.2) is 34.7 Å². The lowest BCUT2D eigenvalue weighted by molar-refractivity contribution is 0.0947. The zero-order valence-electron chi connectivity index (χ0n) is 12.8. The molecule has 1 N–H and O–H groups in total. The van der Waals surface area contributed by atoms with Crippen molar-refractivity contribution in [1.82, 2.24) is 19.9 Å². The summed E-state index contributed by atoms with van der Waals surface area (Å²) in [5.74, 6) is 0.352. The van der Waals surface area contributed by atoms with Crippen LogP contribution >= 0.6 is 0 Å². The highest BCUT2D eigenvalue weighted by molar-refractivity contribution is 5.96. The third-order valence-electron chi connectivity index (χ3n) is 3.45. The van der Waals surface area contributed by atoms with Gasteiger partial charge in [-0.1, -0.05) is 6.07 Å². The van der Waals surface area contributed by atoms with E-state index in [4.69, 9.17) is 9.47 Å². The summed E-state index contributed by atoms with van der Waals surface area (Å²) in [6.45, 7) is 0.379. The number of hydrogen-bond acceptors (Lipinski definition) is 5. The Labute approximate surface area is 132 Å². The van der Waals surface area contributed by atoms with Gasteiger partial charge in [-0.2, -0.15) is 10.1 Å². The molecule has 0 aromatic carbocycles. The van der Waals surface area contributed by atoms with Crippen molar-refractivity contribution < 1.29 is 14.3 Å². The maximum atomic E-state index is 12.4. The van der Waals surface area contributed by atoms with Crippen LogP contribution in [-0.2, 0) is 6.54 Å². The fourth-order valence-electron chi connectivity index (χ4n) is 2.30. The topological polar surface area (TPSA) is 77.8 Å². The van der Waals surface area contributed by atoms with Crippen molar-refractivity contribution in [2.45, 2.75) is 6.54 Å².